The van der Waals surface area contributed by atoms with E-state index in [4.69, 9.17) is 0 Å². The van der Waals surface area contributed by atoms with E-state index in [0.29, 0.717) is 0 Å². The van der Waals surface area contributed by atoms with Crippen molar-refractivity contribution in [1.82, 2.24) is 10.6 Å². The Balaban J connectivity index is 1.52. The first kappa shape index (κ1) is 21.5. The molecule has 0 unspecified atom stereocenters. The van der Waals surface area contributed by atoms with Gasteiger partial charge in [-0.25, -0.2) is 9.59 Å². The third kappa shape index (κ3) is 6.39. The van der Waals surface area contributed by atoms with Gasteiger partial charge in [-0.05, 0) is 30.9 Å². The normalized spacial score (nSPS) is 13.5. The molecule has 1 aliphatic carbocycles. The quantitative estimate of drug-likeness (QED) is 0.372. The fourth-order valence-corrected chi connectivity index (χ4v) is 2.94. The van der Waals surface area contributed by atoms with Crippen LogP contribution < -0.4 is 21.3 Å². The van der Waals surface area contributed by atoms with E-state index < -0.39 is 21.9 Å². The van der Waals surface area contributed by atoms with Crippen LogP contribution in [0.2, 0.25) is 0 Å². The Hall–Kier alpha value is -4.22. The second-order valence-corrected chi connectivity index (χ2v) is 6.99. The Morgan fingerprint density at radius 2 is 1.42 bits per heavy atom. The number of hydrogen-bond acceptors (Lipinski definition) is 6. The van der Waals surface area contributed by atoms with Gasteiger partial charge in [0.15, 0.2) is 0 Å². The third-order valence-electron chi connectivity index (χ3n) is 4.62. The lowest BCUT2D eigenvalue weighted by Crippen LogP contribution is -2.47. The van der Waals surface area contributed by atoms with Gasteiger partial charge in [-0.3, -0.25) is 20.2 Å². The Morgan fingerprint density at radius 1 is 0.903 bits per heavy atom. The molecule has 162 valence electrons. The van der Waals surface area contributed by atoms with E-state index in [1.807, 2.05) is 0 Å². The number of carbonyl (C=O) groups is 2. The van der Waals surface area contributed by atoms with E-state index in [-0.39, 0.29) is 41.3 Å². The minimum atomic E-state index is -0.563. The van der Waals surface area contributed by atoms with Gasteiger partial charge in [0.25, 0.3) is 11.4 Å². The topological polar surface area (TPSA) is 169 Å². The van der Waals surface area contributed by atoms with E-state index >= 15 is 0 Å². The van der Waals surface area contributed by atoms with Crippen LogP contribution in [0.25, 0.3) is 0 Å². The van der Waals surface area contributed by atoms with Crippen molar-refractivity contribution in [1.29, 1.82) is 0 Å². The first-order valence-electron chi connectivity index (χ1n) is 9.43. The Morgan fingerprint density at radius 3 is 1.90 bits per heavy atom. The van der Waals surface area contributed by atoms with Crippen molar-refractivity contribution < 1.29 is 19.4 Å². The van der Waals surface area contributed by atoms with Crippen LogP contribution in [-0.2, 0) is 0 Å². The number of urea groups is 2. The van der Waals surface area contributed by atoms with E-state index in [1.165, 1.54) is 48.5 Å². The molecule has 0 saturated heterocycles. The molecule has 1 aliphatic rings. The van der Waals surface area contributed by atoms with Gasteiger partial charge in [0, 0.05) is 42.2 Å². The third-order valence-corrected chi connectivity index (χ3v) is 4.62. The summed E-state index contributed by atoms with van der Waals surface area (Å²) >= 11 is 0. The van der Waals surface area contributed by atoms with Gasteiger partial charge in [-0.1, -0.05) is 12.1 Å². The van der Waals surface area contributed by atoms with Crippen LogP contribution in [0.15, 0.2) is 48.5 Å². The zero-order chi connectivity index (χ0) is 22.4. The minimum absolute atomic E-state index is 0.143. The van der Waals surface area contributed by atoms with E-state index in [1.54, 1.807) is 0 Å². The van der Waals surface area contributed by atoms with Gasteiger partial charge in [-0.2, -0.15) is 0 Å². The molecule has 12 heteroatoms. The van der Waals surface area contributed by atoms with E-state index in [0.717, 1.165) is 12.8 Å². The number of carbonyl (C=O) groups excluding carboxylic acids is 2. The first-order valence-corrected chi connectivity index (χ1v) is 9.43. The number of nitro groups is 2. The molecule has 0 aromatic heterocycles. The maximum absolute atomic E-state index is 12.3. The van der Waals surface area contributed by atoms with Crippen LogP contribution in [-0.4, -0.2) is 34.5 Å². The van der Waals surface area contributed by atoms with Crippen LogP contribution >= 0.6 is 0 Å². The molecule has 2 aromatic carbocycles. The number of amides is 4. The van der Waals surface area contributed by atoms with Gasteiger partial charge in [0.1, 0.15) is 0 Å². The molecule has 1 fully saturated rings. The van der Waals surface area contributed by atoms with Gasteiger partial charge in [0.05, 0.1) is 15.9 Å². The number of rotatable bonds is 8. The summed E-state index contributed by atoms with van der Waals surface area (Å²) in [5, 5.41) is 32.1. The maximum Gasteiger partial charge on any atom is 0.319 e. The van der Waals surface area contributed by atoms with Crippen LogP contribution in [0.3, 0.4) is 0 Å². The molecule has 31 heavy (non-hydrogen) atoms. The molecule has 0 spiro atoms. The molecule has 0 bridgehead atoms. The number of nitrogens with one attached hydrogen (secondary N) is 4. The summed E-state index contributed by atoms with van der Waals surface area (Å²) in [6, 6.07) is 9.65. The lowest BCUT2D eigenvalue weighted by molar-refractivity contribution is -0.385. The molecular formula is C19H20N6O6. The van der Waals surface area contributed by atoms with Crippen molar-refractivity contribution in [3.8, 4) is 0 Å². The summed E-state index contributed by atoms with van der Waals surface area (Å²) in [5.74, 6) is 0.203. The van der Waals surface area contributed by atoms with E-state index in [9.17, 15) is 29.8 Å². The fraction of sp³-hybridized carbons (Fsp3) is 0.263. The van der Waals surface area contributed by atoms with Crippen LogP contribution in [0.1, 0.15) is 12.8 Å². The number of nitro benzene ring substituents is 2. The second kappa shape index (κ2) is 9.52. The molecule has 4 N–H and O–H groups in total. The van der Waals surface area contributed by atoms with Crippen molar-refractivity contribution in [2.45, 2.75) is 18.9 Å². The second-order valence-electron chi connectivity index (χ2n) is 6.99. The molecule has 0 heterocycles. The molecular weight excluding hydrogens is 408 g/mol. The fourth-order valence-electron chi connectivity index (χ4n) is 2.94. The lowest BCUT2D eigenvalue weighted by Gasteiger charge is -2.19. The Labute approximate surface area is 176 Å². The predicted molar refractivity (Wildman–Crippen MR) is 112 cm³/mol. The molecule has 0 aliphatic heterocycles. The monoisotopic (exact) mass is 428 g/mol. The minimum Gasteiger partial charge on any atom is -0.336 e. The molecule has 2 aromatic rings. The number of anilines is 2. The Bertz CT molecular complexity index is 1010. The highest BCUT2D eigenvalue weighted by Crippen LogP contribution is 2.32. The van der Waals surface area contributed by atoms with E-state index in [2.05, 4.69) is 21.3 Å². The largest absolute Gasteiger partial charge is 0.336 e. The molecule has 4 amide bonds. The molecule has 0 radical (unpaired) electrons. The highest BCUT2D eigenvalue weighted by atomic mass is 16.6. The number of nitrogens with zero attached hydrogens (tertiary/aromatic N) is 2. The SMILES string of the molecule is O=C(NC[C@@H](NC(=O)Nc1cccc([N+](=O)[O-])c1)C1CC1)Nc1cccc([N+](=O)[O-])c1. The van der Waals surface area contributed by atoms with Crippen molar-refractivity contribution >= 4 is 34.8 Å². The van der Waals surface area contributed by atoms with Crippen LogP contribution in [0, 0.1) is 26.1 Å². The van der Waals surface area contributed by atoms with Crippen molar-refractivity contribution in [2.75, 3.05) is 17.2 Å². The molecule has 1 atom stereocenters. The summed E-state index contributed by atoms with van der Waals surface area (Å²) in [7, 11) is 0. The van der Waals surface area contributed by atoms with Crippen LogP contribution in [0.4, 0.5) is 32.3 Å². The summed E-state index contributed by atoms with van der Waals surface area (Å²) in [6.07, 6.45) is 1.80. The first-order chi connectivity index (χ1) is 14.8. The summed E-state index contributed by atoms with van der Waals surface area (Å²) < 4.78 is 0. The van der Waals surface area contributed by atoms with Crippen molar-refractivity contribution in [3.05, 3.63) is 68.8 Å². The average Bonchev–Trinajstić information content (AvgIpc) is 3.56. The van der Waals surface area contributed by atoms with Gasteiger partial charge in [-0.15, -0.1) is 0 Å². The van der Waals surface area contributed by atoms with Gasteiger partial charge < -0.3 is 21.3 Å². The smallest absolute Gasteiger partial charge is 0.319 e. The maximum atomic E-state index is 12.3. The zero-order valence-corrected chi connectivity index (χ0v) is 16.2. The molecule has 12 nitrogen and oxygen atoms in total. The number of hydrogen-bond donors (Lipinski definition) is 4. The standard InChI is InChI=1S/C19H20N6O6/c26-18(21-13-3-1-5-15(9-13)24(28)29)20-11-17(12-7-8-12)23-19(27)22-14-4-2-6-16(10-14)25(30)31/h1-6,9-10,12,17H,7-8,11H2,(H2,20,21,26)(H2,22,23,27)/t17-/m1/s1. The number of non-ortho nitro benzene ring substituents is 2. The molecule has 1 saturated carbocycles. The van der Waals surface area contributed by atoms with Gasteiger partial charge >= 0.3 is 12.1 Å². The molecule has 3 rings (SSSR count). The lowest BCUT2D eigenvalue weighted by atomic mass is 10.2. The Kier molecular flexibility index (Phi) is 6.60. The highest BCUT2D eigenvalue weighted by Gasteiger charge is 2.32. The van der Waals surface area contributed by atoms with Crippen LogP contribution in [0.5, 0.6) is 0 Å². The van der Waals surface area contributed by atoms with Crippen molar-refractivity contribution in [3.63, 3.8) is 0 Å². The predicted octanol–water partition coefficient (Wildman–Crippen LogP) is 3.22. The summed E-state index contributed by atoms with van der Waals surface area (Å²) in [5.41, 5.74) is 0.257. The zero-order valence-electron chi connectivity index (χ0n) is 16.2. The average molecular weight is 428 g/mol. The number of benzene rings is 2. The van der Waals surface area contributed by atoms with Crippen molar-refractivity contribution in [2.24, 2.45) is 5.92 Å². The summed E-state index contributed by atoms with van der Waals surface area (Å²) in [4.78, 5) is 45.0. The summed E-state index contributed by atoms with van der Waals surface area (Å²) in [6.45, 7) is 0.147. The van der Waals surface area contributed by atoms with Gasteiger partial charge in [0.2, 0.25) is 0 Å². The highest BCUT2D eigenvalue weighted by molar-refractivity contribution is 5.91.